The molecular formula is C11H19NO4. The van der Waals surface area contributed by atoms with Gasteiger partial charge >= 0.3 is 12.1 Å². The van der Waals surface area contributed by atoms with Crippen LogP contribution in [0.4, 0.5) is 4.79 Å². The van der Waals surface area contributed by atoms with Crippen molar-refractivity contribution in [3.8, 4) is 0 Å². The summed E-state index contributed by atoms with van der Waals surface area (Å²) in [6, 6.07) is -0.889. The van der Waals surface area contributed by atoms with Gasteiger partial charge in [0.2, 0.25) is 0 Å². The second-order valence-corrected chi connectivity index (χ2v) is 3.89. The van der Waals surface area contributed by atoms with Gasteiger partial charge in [-0.3, -0.25) is 0 Å². The van der Waals surface area contributed by atoms with Crippen molar-refractivity contribution in [3.63, 3.8) is 0 Å². The molecule has 0 spiro atoms. The average Bonchev–Trinajstić information content (AvgIpc) is 2.20. The third-order valence-corrected chi connectivity index (χ3v) is 1.96. The fourth-order valence-corrected chi connectivity index (χ4v) is 1.08. The fraction of sp³-hybridized carbons (Fsp3) is 0.636. The summed E-state index contributed by atoms with van der Waals surface area (Å²) in [5, 5.41) is 11.2. The summed E-state index contributed by atoms with van der Waals surface area (Å²) >= 11 is 0. The molecule has 0 aliphatic heterocycles. The predicted octanol–water partition coefficient (Wildman–Crippen LogP) is 1.79. The Morgan fingerprint density at radius 3 is 2.50 bits per heavy atom. The Morgan fingerprint density at radius 1 is 1.44 bits per heavy atom. The van der Waals surface area contributed by atoms with E-state index in [0.29, 0.717) is 12.3 Å². The Labute approximate surface area is 95.5 Å². The molecule has 5 heteroatoms. The SMILES string of the molecule is C=CCOC(=O)N[C@H](CCC(C)C)C(=O)O. The maximum Gasteiger partial charge on any atom is 0.408 e. The molecule has 0 saturated heterocycles. The van der Waals surface area contributed by atoms with E-state index in [1.807, 2.05) is 13.8 Å². The highest BCUT2D eigenvalue weighted by Gasteiger charge is 2.20. The lowest BCUT2D eigenvalue weighted by atomic mass is 10.0. The fourth-order valence-electron chi connectivity index (χ4n) is 1.08. The summed E-state index contributed by atoms with van der Waals surface area (Å²) in [7, 11) is 0. The first-order valence-electron chi connectivity index (χ1n) is 5.24. The van der Waals surface area contributed by atoms with Gasteiger partial charge < -0.3 is 15.2 Å². The number of carbonyl (C=O) groups excluding carboxylic acids is 1. The Hall–Kier alpha value is -1.52. The van der Waals surface area contributed by atoms with Crippen LogP contribution in [0.2, 0.25) is 0 Å². The topological polar surface area (TPSA) is 75.6 Å². The van der Waals surface area contributed by atoms with Gasteiger partial charge in [-0.1, -0.05) is 26.5 Å². The molecule has 0 aliphatic rings. The maximum absolute atomic E-state index is 11.1. The van der Waals surface area contributed by atoms with Gasteiger partial charge in [0.05, 0.1) is 0 Å². The molecule has 0 unspecified atom stereocenters. The number of alkyl carbamates (subject to hydrolysis) is 1. The molecule has 92 valence electrons. The summed E-state index contributed by atoms with van der Waals surface area (Å²) in [4.78, 5) is 21.9. The van der Waals surface area contributed by atoms with Gasteiger partial charge in [0.15, 0.2) is 0 Å². The number of amides is 1. The Bertz CT molecular complexity index is 250. The molecular weight excluding hydrogens is 210 g/mol. The molecule has 0 aliphatic carbocycles. The molecule has 0 aromatic rings. The van der Waals surface area contributed by atoms with Gasteiger partial charge in [-0.2, -0.15) is 0 Å². The van der Waals surface area contributed by atoms with Crippen molar-refractivity contribution in [2.45, 2.75) is 32.7 Å². The van der Waals surface area contributed by atoms with E-state index in [2.05, 4.69) is 16.6 Å². The zero-order valence-electron chi connectivity index (χ0n) is 9.73. The summed E-state index contributed by atoms with van der Waals surface area (Å²) in [6.45, 7) is 7.45. The van der Waals surface area contributed by atoms with E-state index in [1.54, 1.807) is 0 Å². The number of aliphatic carboxylic acids is 1. The average molecular weight is 229 g/mol. The van der Waals surface area contributed by atoms with Crippen LogP contribution >= 0.6 is 0 Å². The summed E-state index contributed by atoms with van der Waals surface area (Å²) < 4.78 is 4.65. The molecule has 1 amide bonds. The molecule has 0 fully saturated rings. The van der Waals surface area contributed by atoms with Crippen molar-refractivity contribution in [3.05, 3.63) is 12.7 Å². The van der Waals surface area contributed by atoms with E-state index in [-0.39, 0.29) is 6.61 Å². The van der Waals surface area contributed by atoms with Crippen LogP contribution in [-0.2, 0) is 9.53 Å². The number of nitrogens with one attached hydrogen (secondary N) is 1. The van der Waals surface area contributed by atoms with Crippen molar-refractivity contribution in [2.24, 2.45) is 5.92 Å². The predicted molar refractivity (Wildman–Crippen MR) is 60.2 cm³/mol. The summed E-state index contributed by atoms with van der Waals surface area (Å²) in [5.74, 6) is -0.649. The molecule has 0 saturated carbocycles. The number of rotatable bonds is 7. The zero-order valence-corrected chi connectivity index (χ0v) is 9.73. The highest BCUT2D eigenvalue weighted by molar-refractivity contribution is 5.79. The van der Waals surface area contributed by atoms with Gasteiger partial charge in [-0.05, 0) is 18.8 Å². The zero-order chi connectivity index (χ0) is 12.6. The van der Waals surface area contributed by atoms with E-state index >= 15 is 0 Å². The number of ether oxygens (including phenoxy) is 1. The molecule has 1 atom stereocenters. The molecule has 5 nitrogen and oxygen atoms in total. The largest absolute Gasteiger partial charge is 0.480 e. The molecule has 0 bridgehead atoms. The van der Waals surface area contributed by atoms with Crippen LogP contribution in [-0.4, -0.2) is 29.8 Å². The molecule has 2 N–H and O–H groups in total. The standard InChI is InChI=1S/C11H19NO4/c1-4-7-16-11(15)12-9(10(13)14)6-5-8(2)3/h4,8-9H,1,5-7H2,2-3H3,(H,12,15)(H,13,14)/t9-/m1/s1. The van der Waals surface area contributed by atoms with Crippen LogP contribution in [0.5, 0.6) is 0 Å². The van der Waals surface area contributed by atoms with Crippen LogP contribution < -0.4 is 5.32 Å². The van der Waals surface area contributed by atoms with E-state index in [9.17, 15) is 9.59 Å². The van der Waals surface area contributed by atoms with Gasteiger partial charge in [0.25, 0.3) is 0 Å². The minimum Gasteiger partial charge on any atom is -0.480 e. The van der Waals surface area contributed by atoms with Crippen LogP contribution in [0.1, 0.15) is 26.7 Å². The molecule has 0 radical (unpaired) electrons. The number of carboxylic acid groups (broad SMARTS) is 1. The first kappa shape index (κ1) is 14.5. The van der Waals surface area contributed by atoms with Crippen molar-refractivity contribution >= 4 is 12.1 Å². The smallest absolute Gasteiger partial charge is 0.408 e. The second-order valence-electron chi connectivity index (χ2n) is 3.89. The van der Waals surface area contributed by atoms with Crippen molar-refractivity contribution < 1.29 is 19.4 Å². The van der Waals surface area contributed by atoms with Crippen LogP contribution in [0.3, 0.4) is 0 Å². The molecule has 0 heterocycles. The van der Waals surface area contributed by atoms with Crippen molar-refractivity contribution in [1.29, 1.82) is 0 Å². The maximum atomic E-state index is 11.1. The van der Waals surface area contributed by atoms with Gasteiger partial charge in [-0.15, -0.1) is 0 Å². The van der Waals surface area contributed by atoms with E-state index in [1.165, 1.54) is 6.08 Å². The Kier molecular flexibility index (Phi) is 7.00. The normalized spacial score (nSPS) is 11.9. The minimum absolute atomic E-state index is 0.0718. The van der Waals surface area contributed by atoms with Crippen LogP contribution in [0, 0.1) is 5.92 Å². The van der Waals surface area contributed by atoms with Crippen molar-refractivity contribution in [1.82, 2.24) is 5.32 Å². The first-order valence-corrected chi connectivity index (χ1v) is 5.24. The number of hydrogen-bond acceptors (Lipinski definition) is 3. The minimum atomic E-state index is -1.05. The highest BCUT2D eigenvalue weighted by atomic mass is 16.5. The highest BCUT2D eigenvalue weighted by Crippen LogP contribution is 2.07. The van der Waals surface area contributed by atoms with E-state index in [0.717, 1.165) is 6.42 Å². The number of carboxylic acids is 1. The van der Waals surface area contributed by atoms with E-state index in [4.69, 9.17) is 5.11 Å². The van der Waals surface area contributed by atoms with Crippen LogP contribution in [0.25, 0.3) is 0 Å². The lowest BCUT2D eigenvalue weighted by Crippen LogP contribution is -2.41. The molecule has 0 aromatic heterocycles. The Morgan fingerprint density at radius 2 is 2.06 bits per heavy atom. The monoisotopic (exact) mass is 229 g/mol. The molecule has 0 aromatic carbocycles. The van der Waals surface area contributed by atoms with Crippen LogP contribution in [0.15, 0.2) is 12.7 Å². The lowest BCUT2D eigenvalue weighted by Gasteiger charge is -2.15. The lowest BCUT2D eigenvalue weighted by molar-refractivity contribution is -0.139. The second kappa shape index (κ2) is 7.73. The van der Waals surface area contributed by atoms with Crippen molar-refractivity contribution in [2.75, 3.05) is 6.61 Å². The molecule has 0 rings (SSSR count). The van der Waals surface area contributed by atoms with Gasteiger partial charge in [-0.25, -0.2) is 9.59 Å². The first-order chi connectivity index (χ1) is 7.47. The third kappa shape index (κ3) is 6.86. The summed E-state index contributed by atoms with van der Waals surface area (Å²) in [5.41, 5.74) is 0. The number of hydrogen-bond donors (Lipinski definition) is 2. The summed E-state index contributed by atoms with van der Waals surface area (Å²) in [6.07, 6.45) is 1.83. The van der Waals surface area contributed by atoms with E-state index < -0.39 is 18.1 Å². The van der Waals surface area contributed by atoms with Gasteiger partial charge in [0, 0.05) is 0 Å². The number of carbonyl (C=O) groups is 2. The Balaban J connectivity index is 4.07. The quantitative estimate of drug-likeness (QED) is 0.652. The van der Waals surface area contributed by atoms with Gasteiger partial charge in [0.1, 0.15) is 12.6 Å². The third-order valence-electron chi connectivity index (χ3n) is 1.96. The molecule has 16 heavy (non-hydrogen) atoms.